The van der Waals surface area contributed by atoms with Crippen molar-refractivity contribution in [2.45, 2.75) is 13.5 Å². The zero-order valence-electron chi connectivity index (χ0n) is 18.9. The monoisotopic (exact) mass is 482 g/mol. The van der Waals surface area contributed by atoms with E-state index in [4.69, 9.17) is 16.4 Å². The molecule has 0 radical (unpaired) electrons. The number of amides is 1. The van der Waals surface area contributed by atoms with Crippen LogP contribution in [0.2, 0.25) is 5.02 Å². The highest BCUT2D eigenvalue weighted by Crippen LogP contribution is 2.35. The molecule has 0 spiro atoms. The summed E-state index contributed by atoms with van der Waals surface area (Å²) in [7, 11) is 2.86. The molecule has 0 saturated heterocycles. The average molecular weight is 483 g/mol. The third kappa shape index (κ3) is 4.60. The molecule has 0 aliphatic heterocycles. The number of hydrazine groups is 1. The van der Waals surface area contributed by atoms with E-state index in [0.717, 1.165) is 27.7 Å². The van der Waals surface area contributed by atoms with Crippen LogP contribution in [0.25, 0.3) is 22.0 Å². The Balaban J connectivity index is 2.03. The van der Waals surface area contributed by atoms with E-state index in [1.807, 2.05) is 37.3 Å². The van der Waals surface area contributed by atoms with Gasteiger partial charge in [0.1, 0.15) is 5.69 Å². The molecule has 9 nitrogen and oxygen atoms in total. The van der Waals surface area contributed by atoms with Gasteiger partial charge in [-0.1, -0.05) is 23.2 Å². The van der Waals surface area contributed by atoms with Crippen molar-refractivity contribution in [2.24, 2.45) is 0 Å². The normalized spacial score (nSPS) is 11.4. The van der Waals surface area contributed by atoms with Gasteiger partial charge in [-0.3, -0.25) is 20.2 Å². The lowest BCUT2D eigenvalue weighted by molar-refractivity contribution is -0.830. The number of rotatable bonds is 7. The van der Waals surface area contributed by atoms with Gasteiger partial charge in [0.25, 0.3) is 11.5 Å². The Morgan fingerprint density at radius 3 is 2.76 bits per heavy atom. The van der Waals surface area contributed by atoms with E-state index in [2.05, 4.69) is 10.4 Å². The summed E-state index contributed by atoms with van der Waals surface area (Å²) in [6.07, 6.45) is 1.54. The van der Waals surface area contributed by atoms with E-state index in [0.29, 0.717) is 21.3 Å². The predicted molar refractivity (Wildman–Crippen MR) is 129 cm³/mol. The Morgan fingerprint density at radius 1 is 1.26 bits per heavy atom. The van der Waals surface area contributed by atoms with Crippen LogP contribution in [0.1, 0.15) is 21.6 Å². The number of nitrogens with zero attached hydrogens (tertiary/aromatic N) is 2. The predicted octanol–water partition coefficient (Wildman–Crippen LogP) is 2.73. The third-order valence-corrected chi connectivity index (χ3v) is 5.81. The molecule has 0 saturated carbocycles. The number of fused-ring (bicyclic) bond motifs is 1. The Kier molecular flexibility index (Phi) is 6.82. The molecule has 0 aliphatic carbocycles. The number of carbonyl (C=O) groups is 1. The highest BCUT2D eigenvalue weighted by molar-refractivity contribution is 6.31. The van der Waals surface area contributed by atoms with E-state index < -0.39 is 5.91 Å². The number of H-pyrrole nitrogens is 1. The summed E-state index contributed by atoms with van der Waals surface area (Å²) >= 11 is 6.52. The molecular weight excluding hydrogens is 458 g/mol. The molecule has 1 amide bonds. The molecule has 0 fully saturated rings. The molecule has 34 heavy (non-hydrogen) atoms. The van der Waals surface area contributed by atoms with Crippen LogP contribution in [0, 0.1) is 6.92 Å². The summed E-state index contributed by atoms with van der Waals surface area (Å²) in [5, 5.41) is 11.6. The van der Waals surface area contributed by atoms with Crippen molar-refractivity contribution in [2.75, 3.05) is 14.2 Å². The molecule has 0 atom stereocenters. The molecule has 0 unspecified atom stereocenters. The fourth-order valence-electron chi connectivity index (χ4n) is 4.06. The summed E-state index contributed by atoms with van der Waals surface area (Å²) < 4.78 is 1.80. The van der Waals surface area contributed by atoms with Crippen LogP contribution in [-0.2, 0) is 11.4 Å². The number of carbonyl (C=O) groups excluding carboxylic acids is 1. The largest absolute Gasteiger partial charge is 0.331 e. The molecule has 4 aromatic rings. The number of hydroxylamine groups is 1. The molecule has 0 bridgehead atoms. The zero-order chi connectivity index (χ0) is 24.4. The molecule has 2 aromatic carbocycles. The first-order valence-electron chi connectivity index (χ1n) is 10.5. The van der Waals surface area contributed by atoms with Gasteiger partial charge < -0.3 is 9.55 Å². The SMILES string of the molecule is CO[NH2+]c1ccc(Cl)c(Cn2c(C(=O)NN(C)O)c(-c3ccc[nH]c3=O)c3cc(C)ccc32)c1. The number of benzene rings is 2. The lowest BCUT2D eigenvalue weighted by Gasteiger charge is -2.15. The number of aromatic amines is 1. The van der Waals surface area contributed by atoms with Crippen molar-refractivity contribution in [3.8, 4) is 11.1 Å². The molecule has 10 heteroatoms. The van der Waals surface area contributed by atoms with Gasteiger partial charge in [0.15, 0.2) is 5.69 Å². The number of pyridine rings is 1. The lowest BCUT2D eigenvalue weighted by atomic mass is 10.0. The number of aryl methyl sites for hydroxylation is 1. The van der Waals surface area contributed by atoms with Crippen molar-refractivity contribution in [1.82, 2.24) is 20.1 Å². The maximum absolute atomic E-state index is 13.4. The molecular formula is C24H25ClN5O4+. The Morgan fingerprint density at radius 2 is 2.06 bits per heavy atom. The maximum atomic E-state index is 13.4. The Labute approximate surface area is 200 Å². The summed E-state index contributed by atoms with van der Waals surface area (Å²) in [4.78, 5) is 34.0. The van der Waals surface area contributed by atoms with Crippen LogP contribution >= 0.6 is 11.6 Å². The lowest BCUT2D eigenvalue weighted by Crippen LogP contribution is -2.75. The van der Waals surface area contributed by atoms with Crippen molar-refractivity contribution >= 4 is 34.1 Å². The zero-order valence-corrected chi connectivity index (χ0v) is 19.7. The summed E-state index contributed by atoms with van der Waals surface area (Å²) in [5.74, 6) is -0.576. The van der Waals surface area contributed by atoms with Crippen LogP contribution < -0.4 is 16.5 Å². The van der Waals surface area contributed by atoms with Gasteiger partial charge in [-0.15, -0.1) is 5.17 Å². The average Bonchev–Trinajstić information content (AvgIpc) is 3.09. The number of quaternary nitrogens is 1. The van der Waals surface area contributed by atoms with Crippen LogP contribution in [0.4, 0.5) is 5.69 Å². The van der Waals surface area contributed by atoms with Crippen LogP contribution in [-0.4, -0.2) is 40.0 Å². The second-order valence-corrected chi connectivity index (χ2v) is 8.32. The van der Waals surface area contributed by atoms with Gasteiger partial charge >= 0.3 is 0 Å². The summed E-state index contributed by atoms with van der Waals surface area (Å²) in [6, 6.07) is 14.6. The van der Waals surface area contributed by atoms with Crippen molar-refractivity contribution < 1.29 is 20.3 Å². The maximum Gasteiger partial charge on any atom is 0.284 e. The van der Waals surface area contributed by atoms with E-state index >= 15 is 0 Å². The minimum atomic E-state index is -0.576. The number of aromatic nitrogens is 2. The second-order valence-electron chi connectivity index (χ2n) is 7.91. The van der Waals surface area contributed by atoms with Gasteiger partial charge in [0.2, 0.25) is 0 Å². The van der Waals surface area contributed by atoms with Gasteiger partial charge in [0, 0.05) is 52.4 Å². The number of halogens is 1. The first kappa shape index (κ1) is 23.7. The fraction of sp³-hybridized carbons (Fsp3) is 0.167. The number of hydrogen-bond acceptors (Lipinski definition) is 5. The fourth-order valence-corrected chi connectivity index (χ4v) is 4.23. The van der Waals surface area contributed by atoms with Crippen LogP contribution in [0.5, 0.6) is 0 Å². The highest BCUT2D eigenvalue weighted by Gasteiger charge is 2.26. The minimum absolute atomic E-state index is 0.218. The first-order chi connectivity index (χ1) is 16.3. The first-order valence-corrected chi connectivity index (χ1v) is 10.9. The Bertz CT molecular complexity index is 1430. The third-order valence-electron chi connectivity index (χ3n) is 5.44. The molecule has 4 rings (SSSR count). The minimum Gasteiger partial charge on any atom is -0.331 e. The molecule has 5 N–H and O–H groups in total. The quantitative estimate of drug-likeness (QED) is 0.239. The molecule has 176 valence electrons. The van der Waals surface area contributed by atoms with Crippen LogP contribution in [0.3, 0.4) is 0 Å². The number of nitrogens with one attached hydrogen (secondary N) is 2. The standard InChI is InChI=1S/C24H24ClN5O4/c1-14-6-9-20-18(11-14)21(17-5-4-10-26-23(17)31)22(24(32)27-29(2)33)30(20)13-15-12-16(28-34-3)7-8-19(15)25/h4-12,28,33H,13H2,1-3H3,(H,26,31)(H,27,32)/p+1. The van der Waals surface area contributed by atoms with E-state index in [1.54, 1.807) is 35.4 Å². The summed E-state index contributed by atoms with van der Waals surface area (Å²) in [6.45, 7) is 2.18. The Hall–Kier alpha value is -3.47. The second kappa shape index (κ2) is 9.80. The van der Waals surface area contributed by atoms with Crippen LogP contribution in [0.15, 0.2) is 59.5 Å². The van der Waals surface area contributed by atoms with E-state index in [1.165, 1.54) is 13.2 Å². The van der Waals surface area contributed by atoms with Gasteiger partial charge in [-0.2, -0.15) is 5.48 Å². The van der Waals surface area contributed by atoms with Crippen molar-refractivity contribution in [3.63, 3.8) is 0 Å². The van der Waals surface area contributed by atoms with Gasteiger partial charge in [0.05, 0.1) is 13.7 Å². The molecule has 2 heterocycles. The van der Waals surface area contributed by atoms with Gasteiger partial charge in [-0.05, 0) is 42.8 Å². The number of hydrogen-bond donors (Lipinski definition) is 4. The topological polar surface area (TPSA) is 116 Å². The van der Waals surface area contributed by atoms with E-state index in [9.17, 15) is 14.8 Å². The summed E-state index contributed by atoms with van der Waals surface area (Å²) in [5.41, 5.74) is 7.97. The molecule has 0 aliphatic rings. The van der Waals surface area contributed by atoms with Crippen molar-refractivity contribution in [3.05, 3.63) is 86.9 Å². The smallest absolute Gasteiger partial charge is 0.284 e. The number of nitrogens with two attached hydrogens (primary N) is 1. The highest BCUT2D eigenvalue weighted by atomic mass is 35.5. The van der Waals surface area contributed by atoms with Crippen molar-refractivity contribution in [1.29, 1.82) is 0 Å². The van der Waals surface area contributed by atoms with E-state index in [-0.39, 0.29) is 17.8 Å². The van der Waals surface area contributed by atoms with Gasteiger partial charge in [-0.25, -0.2) is 4.84 Å². The molecule has 2 aromatic heterocycles.